The summed E-state index contributed by atoms with van der Waals surface area (Å²) in [6, 6.07) is 8.40. The molecule has 0 amide bonds. The first kappa shape index (κ1) is 8.67. The molecule has 0 fully saturated rings. The highest BCUT2D eigenvalue weighted by molar-refractivity contribution is 6.37. The third kappa shape index (κ3) is 1.45. The molecule has 0 spiro atoms. The van der Waals surface area contributed by atoms with Crippen LogP contribution in [-0.2, 0) is 5.11 Å². The normalized spacial score (nSPS) is 10.6. The Morgan fingerprint density at radius 3 is 2.62 bits per heavy atom. The Balaban J connectivity index is 2.94. The van der Waals surface area contributed by atoms with Crippen LogP contribution in [0.4, 0.5) is 0 Å². The first-order chi connectivity index (χ1) is 6.18. The summed E-state index contributed by atoms with van der Waals surface area (Å²) in [5, 5.41) is 13.7. The Hall–Kier alpha value is -0.920. The number of rotatable bonds is 0. The second-order valence-corrected chi connectivity index (χ2v) is 3.59. The van der Waals surface area contributed by atoms with Gasteiger partial charge in [-0.2, -0.15) is 0 Å². The van der Waals surface area contributed by atoms with Crippen LogP contribution in [0.1, 0.15) is 0 Å². The second kappa shape index (κ2) is 3.09. The molecule has 2 aromatic carbocycles. The van der Waals surface area contributed by atoms with E-state index in [2.05, 4.69) is 0 Å². The van der Waals surface area contributed by atoms with Crippen LogP contribution in [0.5, 0.6) is 5.75 Å². The lowest BCUT2D eigenvalue weighted by atomic mass is 10.1. The van der Waals surface area contributed by atoms with Gasteiger partial charge in [0, 0.05) is 16.5 Å². The highest BCUT2D eigenvalue weighted by Crippen LogP contribution is 2.34. The molecule has 0 saturated carbocycles. The van der Waals surface area contributed by atoms with E-state index in [-0.39, 0.29) is 5.75 Å². The van der Waals surface area contributed by atoms with Gasteiger partial charge < -0.3 is 0 Å². The van der Waals surface area contributed by atoms with Gasteiger partial charge in [0.05, 0.1) is 5.02 Å². The number of fused-ring (bicyclic) bond motifs is 1. The van der Waals surface area contributed by atoms with E-state index in [9.17, 15) is 5.11 Å². The predicted molar refractivity (Wildman–Crippen MR) is 54.1 cm³/mol. The van der Waals surface area contributed by atoms with Gasteiger partial charge in [0.2, 0.25) is 0 Å². The molecule has 0 atom stereocenters. The molecule has 0 aliphatic rings. The van der Waals surface area contributed by atoms with Crippen LogP contribution in [0, 0.1) is 0 Å². The van der Waals surface area contributed by atoms with Crippen molar-refractivity contribution < 1.29 is 5.11 Å². The minimum atomic E-state index is -0.131. The van der Waals surface area contributed by atoms with E-state index < -0.39 is 0 Å². The zero-order chi connectivity index (χ0) is 9.42. The van der Waals surface area contributed by atoms with Gasteiger partial charge in [-0.1, -0.05) is 35.3 Å². The quantitative estimate of drug-likeness (QED) is 0.620. The third-order valence-electron chi connectivity index (χ3n) is 1.85. The van der Waals surface area contributed by atoms with Crippen molar-refractivity contribution in [2.24, 2.45) is 0 Å². The number of benzene rings is 2. The van der Waals surface area contributed by atoms with E-state index >= 15 is 0 Å². The Labute approximate surface area is 85.5 Å². The van der Waals surface area contributed by atoms with E-state index in [0.717, 1.165) is 5.39 Å². The third-order valence-corrected chi connectivity index (χ3v) is 2.39. The summed E-state index contributed by atoms with van der Waals surface area (Å²) in [4.78, 5) is 0. The SMILES string of the molecule is [O]c1cc(Cl)cc2cccc(Cl)c12. The molecule has 0 bridgehead atoms. The van der Waals surface area contributed by atoms with Crippen LogP contribution in [0.2, 0.25) is 10.0 Å². The van der Waals surface area contributed by atoms with Crippen molar-refractivity contribution in [2.75, 3.05) is 0 Å². The van der Waals surface area contributed by atoms with Crippen LogP contribution in [-0.4, -0.2) is 0 Å². The molecule has 2 aromatic rings. The van der Waals surface area contributed by atoms with E-state index in [1.807, 2.05) is 6.07 Å². The van der Waals surface area contributed by atoms with Crippen LogP contribution in [0.3, 0.4) is 0 Å². The first-order valence-corrected chi connectivity index (χ1v) is 4.49. The Morgan fingerprint density at radius 1 is 1.08 bits per heavy atom. The average molecular weight is 212 g/mol. The van der Waals surface area contributed by atoms with Crippen LogP contribution < -0.4 is 0 Å². The van der Waals surface area contributed by atoms with Crippen molar-refractivity contribution >= 4 is 34.0 Å². The van der Waals surface area contributed by atoms with Crippen LogP contribution in [0.25, 0.3) is 10.8 Å². The van der Waals surface area contributed by atoms with Gasteiger partial charge in [-0.15, -0.1) is 0 Å². The molecule has 65 valence electrons. The summed E-state index contributed by atoms with van der Waals surface area (Å²) in [6.07, 6.45) is 0. The Kier molecular flexibility index (Phi) is 2.06. The van der Waals surface area contributed by atoms with E-state index in [4.69, 9.17) is 23.2 Å². The monoisotopic (exact) mass is 211 g/mol. The van der Waals surface area contributed by atoms with Crippen molar-refractivity contribution in [1.82, 2.24) is 0 Å². The Bertz CT molecular complexity index is 466. The predicted octanol–water partition coefficient (Wildman–Crippen LogP) is 4.29. The summed E-state index contributed by atoms with van der Waals surface area (Å²) < 4.78 is 0. The maximum atomic E-state index is 11.5. The molecule has 0 aliphatic carbocycles. The largest absolute Gasteiger partial charge is 0.289 e. The summed E-state index contributed by atoms with van der Waals surface area (Å²) in [5.74, 6) is -0.131. The molecule has 1 radical (unpaired) electrons. The highest BCUT2D eigenvalue weighted by atomic mass is 35.5. The number of halogens is 2. The minimum absolute atomic E-state index is 0.131. The van der Waals surface area contributed by atoms with E-state index in [1.54, 1.807) is 18.2 Å². The first-order valence-electron chi connectivity index (χ1n) is 3.73. The van der Waals surface area contributed by atoms with Crippen molar-refractivity contribution in [2.45, 2.75) is 0 Å². The molecule has 0 aliphatic heterocycles. The lowest BCUT2D eigenvalue weighted by Crippen LogP contribution is -1.75. The van der Waals surface area contributed by atoms with Gasteiger partial charge in [-0.05, 0) is 17.5 Å². The standard InChI is InChI=1S/C10H5Cl2O/c11-7-4-6-2-1-3-8(12)10(6)9(13)5-7/h1-5H. The lowest BCUT2D eigenvalue weighted by molar-refractivity contribution is 0.360. The van der Waals surface area contributed by atoms with Gasteiger partial charge in [-0.25, -0.2) is 0 Å². The molecule has 0 heterocycles. The molecular weight excluding hydrogens is 207 g/mol. The van der Waals surface area contributed by atoms with Crippen molar-refractivity contribution in [3.05, 3.63) is 40.4 Å². The minimum Gasteiger partial charge on any atom is -0.289 e. The molecule has 13 heavy (non-hydrogen) atoms. The zero-order valence-corrected chi connectivity index (χ0v) is 8.06. The summed E-state index contributed by atoms with van der Waals surface area (Å²) >= 11 is 11.6. The fourth-order valence-electron chi connectivity index (χ4n) is 1.31. The topological polar surface area (TPSA) is 19.9 Å². The van der Waals surface area contributed by atoms with E-state index in [0.29, 0.717) is 15.4 Å². The second-order valence-electron chi connectivity index (χ2n) is 2.74. The summed E-state index contributed by atoms with van der Waals surface area (Å²) in [7, 11) is 0. The molecular formula is C10H5Cl2O. The fourth-order valence-corrected chi connectivity index (χ4v) is 1.80. The lowest BCUT2D eigenvalue weighted by Gasteiger charge is -2.01. The number of hydrogen-bond acceptors (Lipinski definition) is 0. The molecule has 1 nitrogen and oxygen atoms in total. The van der Waals surface area contributed by atoms with Crippen molar-refractivity contribution in [3.8, 4) is 5.75 Å². The van der Waals surface area contributed by atoms with Gasteiger partial charge in [0.25, 0.3) is 0 Å². The van der Waals surface area contributed by atoms with Crippen molar-refractivity contribution in [3.63, 3.8) is 0 Å². The van der Waals surface area contributed by atoms with Gasteiger partial charge in [0.1, 0.15) is 0 Å². The van der Waals surface area contributed by atoms with Crippen LogP contribution in [0.15, 0.2) is 30.3 Å². The van der Waals surface area contributed by atoms with Gasteiger partial charge in [-0.3, -0.25) is 5.11 Å². The van der Waals surface area contributed by atoms with Gasteiger partial charge >= 0.3 is 0 Å². The number of hydrogen-bond donors (Lipinski definition) is 0. The zero-order valence-electron chi connectivity index (χ0n) is 6.55. The summed E-state index contributed by atoms with van der Waals surface area (Å²) in [6.45, 7) is 0. The average Bonchev–Trinajstić information content (AvgIpc) is 2.02. The molecule has 0 unspecified atom stereocenters. The van der Waals surface area contributed by atoms with Crippen molar-refractivity contribution in [1.29, 1.82) is 0 Å². The van der Waals surface area contributed by atoms with Crippen LogP contribution >= 0.6 is 23.2 Å². The smallest absolute Gasteiger partial charge is 0.189 e. The fraction of sp³-hybridized carbons (Fsp3) is 0. The van der Waals surface area contributed by atoms with E-state index in [1.165, 1.54) is 6.07 Å². The maximum absolute atomic E-state index is 11.5. The molecule has 3 heteroatoms. The highest BCUT2D eigenvalue weighted by Gasteiger charge is 2.06. The molecule has 0 N–H and O–H groups in total. The summed E-state index contributed by atoms with van der Waals surface area (Å²) in [5.41, 5.74) is 0. The Morgan fingerprint density at radius 2 is 1.85 bits per heavy atom. The molecule has 2 rings (SSSR count). The molecule has 0 aromatic heterocycles. The van der Waals surface area contributed by atoms with Gasteiger partial charge in [0.15, 0.2) is 5.75 Å². The molecule has 0 saturated heterocycles. The maximum Gasteiger partial charge on any atom is 0.189 e.